The topological polar surface area (TPSA) is 18.5 Å². The molecule has 0 bridgehead atoms. The lowest BCUT2D eigenvalue weighted by Crippen LogP contribution is -1.98. The van der Waals surface area contributed by atoms with E-state index in [-0.39, 0.29) is 0 Å². The number of rotatable bonds is 5. The Morgan fingerprint density at radius 3 is 2.70 bits per heavy atom. The highest BCUT2D eigenvalue weighted by molar-refractivity contribution is 5.41. The van der Waals surface area contributed by atoms with Gasteiger partial charge in [-0.15, -0.1) is 0 Å². The van der Waals surface area contributed by atoms with Crippen molar-refractivity contribution in [3.05, 3.63) is 59.2 Å². The lowest BCUT2D eigenvalue weighted by atomic mass is 10.0. The molecule has 0 saturated heterocycles. The van der Waals surface area contributed by atoms with Crippen molar-refractivity contribution < 1.29 is 9.47 Å². The second-order valence-corrected chi connectivity index (χ2v) is 5.46. The summed E-state index contributed by atoms with van der Waals surface area (Å²) in [6.07, 6.45) is 3.69. The van der Waals surface area contributed by atoms with Crippen molar-refractivity contribution in [2.24, 2.45) is 0 Å². The summed E-state index contributed by atoms with van der Waals surface area (Å²) in [7, 11) is 1.73. The summed E-state index contributed by atoms with van der Waals surface area (Å²) in [5.74, 6) is 1.94. The van der Waals surface area contributed by atoms with Gasteiger partial charge in [-0.05, 0) is 54.7 Å². The van der Waals surface area contributed by atoms with Crippen LogP contribution in [0.2, 0.25) is 0 Å². The molecule has 2 nitrogen and oxygen atoms in total. The van der Waals surface area contributed by atoms with E-state index in [0.717, 1.165) is 17.9 Å². The zero-order valence-corrected chi connectivity index (χ0v) is 12.1. The van der Waals surface area contributed by atoms with E-state index in [1.54, 1.807) is 7.11 Å². The van der Waals surface area contributed by atoms with Crippen LogP contribution in [0, 0.1) is 6.92 Å². The molecular formula is C18H20O2. The van der Waals surface area contributed by atoms with Crippen LogP contribution in [0.5, 0.6) is 11.5 Å². The van der Waals surface area contributed by atoms with Gasteiger partial charge in [0.05, 0.1) is 13.2 Å². The van der Waals surface area contributed by atoms with Crippen LogP contribution in [0.25, 0.3) is 0 Å². The lowest BCUT2D eigenvalue weighted by Gasteiger charge is -2.11. The van der Waals surface area contributed by atoms with Crippen molar-refractivity contribution in [1.29, 1.82) is 0 Å². The quantitative estimate of drug-likeness (QED) is 0.811. The minimum atomic E-state index is 0.444. The van der Waals surface area contributed by atoms with Gasteiger partial charge in [0, 0.05) is 6.42 Å². The summed E-state index contributed by atoms with van der Waals surface area (Å²) in [4.78, 5) is 0. The highest BCUT2D eigenvalue weighted by Crippen LogP contribution is 2.28. The zero-order chi connectivity index (χ0) is 13.9. The first-order chi connectivity index (χ1) is 9.74. The molecule has 0 radical (unpaired) electrons. The minimum absolute atomic E-state index is 0.444. The highest BCUT2D eigenvalue weighted by atomic mass is 16.5. The van der Waals surface area contributed by atoms with E-state index in [0.29, 0.717) is 6.10 Å². The smallest absolute Gasteiger partial charge is 0.122 e. The predicted octanol–water partition coefficient (Wildman–Crippen LogP) is 4.14. The molecule has 1 aliphatic rings. The Kier molecular flexibility index (Phi) is 3.64. The number of methoxy groups -OCH3 is 1. The van der Waals surface area contributed by atoms with Gasteiger partial charge in [0.25, 0.3) is 0 Å². The maximum absolute atomic E-state index is 5.85. The molecule has 2 heteroatoms. The molecule has 1 saturated carbocycles. The molecule has 2 aromatic rings. The Balaban J connectivity index is 1.79. The first-order valence-corrected chi connectivity index (χ1v) is 7.14. The van der Waals surface area contributed by atoms with Crippen LogP contribution in [-0.2, 0) is 6.42 Å². The average molecular weight is 268 g/mol. The maximum atomic E-state index is 5.85. The summed E-state index contributed by atoms with van der Waals surface area (Å²) in [5.41, 5.74) is 3.68. The molecule has 20 heavy (non-hydrogen) atoms. The molecule has 1 aliphatic carbocycles. The van der Waals surface area contributed by atoms with Gasteiger partial charge in [0.15, 0.2) is 0 Å². The van der Waals surface area contributed by atoms with Gasteiger partial charge in [0.2, 0.25) is 0 Å². The van der Waals surface area contributed by atoms with Gasteiger partial charge in [-0.3, -0.25) is 0 Å². The van der Waals surface area contributed by atoms with Crippen LogP contribution in [0.4, 0.5) is 0 Å². The number of ether oxygens (including phenoxy) is 2. The summed E-state index contributed by atoms with van der Waals surface area (Å²) in [6.45, 7) is 2.08. The first-order valence-electron chi connectivity index (χ1n) is 7.14. The van der Waals surface area contributed by atoms with E-state index in [9.17, 15) is 0 Å². The Morgan fingerprint density at radius 2 is 1.95 bits per heavy atom. The van der Waals surface area contributed by atoms with Crippen LogP contribution in [0.3, 0.4) is 0 Å². The van der Waals surface area contributed by atoms with Gasteiger partial charge < -0.3 is 9.47 Å². The third-order valence-electron chi connectivity index (χ3n) is 3.56. The highest BCUT2D eigenvalue weighted by Gasteiger charge is 2.23. The van der Waals surface area contributed by atoms with Crippen molar-refractivity contribution in [3.8, 4) is 11.5 Å². The summed E-state index contributed by atoms with van der Waals surface area (Å²) >= 11 is 0. The fourth-order valence-electron chi connectivity index (χ4n) is 2.32. The monoisotopic (exact) mass is 268 g/mol. The standard InChI is InChI=1S/C18H20O2/c1-13-6-7-15(18(10-13)19-2)11-14-4-3-5-17(12-14)20-16-8-9-16/h3-7,10,12,16H,8-9,11H2,1-2H3. The molecule has 0 aliphatic heterocycles. The second kappa shape index (κ2) is 5.58. The molecule has 0 N–H and O–H groups in total. The van der Waals surface area contributed by atoms with Crippen molar-refractivity contribution in [1.82, 2.24) is 0 Å². The van der Waals surface area contributed by atoms with E-state index < -0.39 is 0 Å². The number of benzene rings is 2. The molecule has 3 rings (SSSR count). The zero-order valence-electron chi connectivity index (χ0n) is 12.1. The Morgan fingerprint density at radius 1 is 1.10 bits per heavy atom. The Labute approximate surface area is 120 Å². The molecule has 0 spiro atoms. The van der Waals surface area contributed by atoms with E-state index in [1.807, 2.05) is 6.07 Å². The normalized spacial score (nSPS) is 14.1. The van der Waals surface area contributed by atoms with Gasteiger partial charge in [-0.25, -0.2) is 0 Å². The van der Waals surface area contributed by atoms with E-state index in [2.05, 4.69) is 43.3 Å². The van der Waals surface area contributed by atoms with Crippen LogP contribution in [0.1, 0.15) is 29.5 Å². The molecular weight excluding hydrogens is 248 g/mol. The third-order valence-corrected chi connectivity index (χ3v) is 3.56. The van der Waals surface area contributed by atoms with Crippen molar-refractivity contribution in [2.75, 3.05) is 7.11 Å². The predicted molar refractivity (Wildman–Crippen MR) is 80.6 cm³/mol. The van der Waals surface area contributed by atoms with Crippen LogP contribution >= 0.6 is 0 Å². The molecule has 0 unspecified atom stereocenters. The van der Waals surface area contributed by atoms with Crippen molar-refractivity contribution in [3.63, 3.8) is 0 Å². The van der Waals surface area contributed by atoms with Gasteiger partial charge in [-0.2, -0.15) is 0 Å². The molecule has 1 fully saturated rings. The molecule has 0 atom stereocenters. The fraction of sp³-hybridized carbons (Fsp3) is 0.333. The first kappa shape index (κ1) is 13.0. The van der Waals surface area contributed by atoms with Crippen LogP contribution in [0.15, 0.2) is 42.5 Å². The molecule has 0 aromatic heterocycles. The second-order valence-electron chi connectivity index (χ2n) is 5.46. The Hall–Kier alpha value is -1.96. The summed E-state index contributed by atoms with van der Waals surface area (Å²) in [6, 6.07) is 14.7. The molecule has 0 heterocycles. The molecule has 104 valence electrons. The third kappa shape index (κ3) is 3.13. The number of hydrogen-bond acceptors (Lipinski definition) is 2. The minimum Gasteiger partial charge on any atom is -0.496 e. The Bertz CT molecular complexity index is 600. The summed E-state index contributed by atoms with van der Waals surface area (Å²) < 4.78 is 11.3. The SMILES string of the molecule is COc1cc(C)ccc1Cc1cccc(OC2CC2)c1. The largest absolute Gasteiger partial charge is 0.496 e. The maximum Gasteiger partial charge on any atom is 0.122 e. The number of aryl methyl sites for hydroxylation is 1. The average Bonchev–Trinajstić information content (AvgIpc) is 3.25. The molecule has 0 amide bonds. The van der Waals surface area contributed by atoms with Crippen molar-refractivity contribution in [2.45, 2.75) is 32.3 Å². The van der Waals surface area contributed by atoms with Gasteiger partial charge in [-0.1, -0.05) is 24.3 Å². The van der Waals surface area contributed by atoms with Gasteiger partial charge >= 0.3 is 0 Å². The fourth-order valence-corrected chi connectivity index (χ4v) is 2.32. The van der Waals surface area contributed by atoms with Crippen molar-refractivity contribution >= 4 is 0 Å². The lowest BCUT2D eigenvalue weighted by molar-refractivity contribution is 0.303. The van der Waals surface area contributed by atoms with E-state index in [4.69, 9.17) is 9.47 Å². The van der Waals surface area contributed by atoms with Crippen LogP contribution in [-0.4, -0.2) is 13.2 Å². The number of hydrogen-bond donors (Lipinski definition) is 0. The van der Waals surface area contributed by atoms with E-state index >= 15 is 0 Å². The summed E-state index contributed by atoms with van der Waals surface area (Å²) in [5, 5.41) is 0. The van der Waals surface area contributed by atoms with Crippen LogP contribution < -0.4 is 9.47 Å². The van der Waals surface area contributed by atoms with Gasteiger partial charge in [0.1, 0.15) is 11.5 Å². The molecule has 2 aromatic carbocycles. The van der Waals surface area contributed by atoms with E-state index in [1.165, 1.54) is 29.5 Å².